The number of nitrogen functional groups attached to an aromatic ring is 1. The van der Waals surface area contributed by atoms with E-state index in [4.69, 9.17) is 22.1 Å². The number of nitrogens with one attached hydrogen (secondary N) is 3. The molecule has 1 heterocycles. The second kappa shape index (κ2) is 9.72. The summed E-state index contributed by atoms with van der Waals surface area (Å²) >= 11 is 6.40. The van der Waals surface area contributed by atoms with Crippen molar-refractivity contribution in [2.75, 3.05) is 23.5 Å². The van der Waals surface area contributed by atoms with E-state index in [9.17, 15) is 4.79 Å². The van der Waals surface area contributed by atoms with Crippen LogP contribution < -0.4 is 26.4 Å². The number of anilines is 3. The molecular formula is C20H21ClN6O2. The normalized spacial score (nSPS) is 10.4. The Labute approximate surface area is 173 Å². The highest BCUT2D eigenvalue weighted by Crippen LogP contribution is 2.31. The van der Waals surface area contributed by atoms with Gasteiger partial charge in [-0.3, -0.25) is 5.32 Å². The van der Waals surface area contributed by atoms with Crippen molar-refractivity contribution < 1.29 is 9.53 Å². The zero-order valence-electron chi connectivity index (χ0n) is 15.8. The Morgan fingerprint density at radius 2 is 1.90 bits per heavy atom. The molecule has 2 aromatic carbocycles. The molecule has 0 saturated heterocycles. The van der Waals surface area contributed by atoms with Crippen molar-refractivity contribution in [1.29, 1.82) is 0 Å². The average molecular weight is 413 g/mol. The van der Waals surface area contributed by atoms with Crippen LogP contribution in [0.15, 0.2) is 54.9 Å². The number of hydrogen-bond donors (Lipinski definition) is 4. The van der Waals surface area contributed by atoms with E-state index in [1.54, 1.807) is 12.1 Å². The van der Waals surface area contributed by atoms with Crippen molar-refractivity contribution in [3.63, 3.8) is 0 Å². The van der Waals surface area contributed by atoms with Gasteiger partial charge in [-0.25, -0.2) is 14.8 Å². The lowest BCUT2D eigenvalue weighted by Crippen LogP contribution is -2.21. The largest absolute Gasteiger partial charge is 0.495 e. The van der Waals surface area contributed by atoms with Crippen molar-refractivity contribution in [3.05, 3.63) is 71.0 Å². The first-order valence-corrected chi connectivity index (χ1v) is 9.19. The summed E-state index contributed by atoms with van der Waals surface area (Å²) in [6.07, 6.45) is 2.71. The smallest absolute Gasteiger partial charge is 0.325 e. The van der Waals surface area contributed by atoms with Gasteiger partial charge in [-0.15, -0.1) is 0 Å². The van der Waals surface area contributed by atoms with Crippen LogP contribution >= 0.6 is 11.6 Å². The number of hydrogen-bond acceptors (Lipinski definition) is 6. The molecule has 0 radical (unpaired) electrons. The van der Waals surface area contributed by atoms with Crippen LogP contribution in [0.1, 0.15) is 11.1 Å². The summed E-state index contributed by atoms with van der Waals surface area (Å²) in [4.78, 5) is 20.1. The summed E-state index contributed by atoms with van der Waals surface area (Å²) in [5.41, 5.74) is 7.95. The fraction of sp³-hybridized carbons (Fsp3) is 0.150. The van der Waals surface area contributed by atoms with Crippen LogP contribution in [0.4, 0.5) is 22.1 Å². The van der Waals surface area contributed by atoms with Gasteiger partial charge in [0.2, 0.25) is 0 Å². The van der Waals surface area contributed by atoms with E-state index in [0.717, 1.165) is 5.56 Å². The summed E-state index contributed by atoms with van der Waals surface area (Å²) < 4.78 is 5.40. The first-order valence-electron chi connectivity index (χ1n) is 8.81. The standard InChI is InChI=1S/C20H21ClN6O2/c1-29-17-7-14(10-23-9-13-5-3-2-4-6-13)15(21)8-16(17)26-20(28)27-19-12-24-18(22)11-25-19/h2-8,11-12,23H,9-10H2,1H3,(H2,22,24)(H2,25,26,27,28). The molecule has 0 atom stereocenters. The summed E-state index contributed by atoms with van der Waals surface area (Å²) in [6.45, 7) is 1.27. The number of nitrogens with zero attached hydrogens (tertiary/aromatic N) is 2. The molecule has 0 aliphatic carbocycles. The highest BCUT2D eigenvalue weighted by Gasteiger charge is 2.13. The van der Waals surface area contributed by atoms with Crippen LogP contribution in [0, 0.1) is 0 Å². The molecule has 2 amide bonds. The lowest BCUT2D eigenvalue weighted by molar-refractivity contribution is 0.262. The molecule has 0 fully saturated rings. The lowest BCUT2D eigenvalue weighted by atomic mass is 10.1. The topological polar surface area (TPSA) is 114 Å². The number of nitrogens with two attached hydrogens (primary N) is 1. The number of rotatable bonds is 7. The molecular weight excluding hydrogens is 392 g/mol. The minimum Gasteiger partial charge on any atom is -0.495 e. The van der Waals surface area contributed by atoms with Gasteiger partial charge in [0.05, 0.1) is 25.2 Å². The molecule has 0 aliphatic rings. The molecule has 3 rings (SSSR count). The van der Waals surface area contributed by atoms with Gasteiger partial charge in [0.15, 0.2) is 5.82 Å². The fourth-order valence-electron chi connectivity index (χ4n) is 2.61. The van der Waals surface area contributed by atoms with Crippen LogP contribution in [0.25, 0.3) is 0 Å². The molecule has 8 nitrogen and oxygen atoms in total. The molecule has 9 heteroatoms. The third-order valence-corrected chi connectivity index (χ3v) is 4.37. The van der Waals surface area contributed by atoms with Crippen molar-refractivity contribution in [2.24, 2.45) is 0 Å². The first-order chi connectivity index (χ1) is 14.0. The molecule has 0 bridgehead atoms. The van der Waals surface area contributed by atoms with Crippen LogP contribution in [0.3, 0.4) is 0 Å². The Hall–Kier alpha value is -3.36. The summed E-state index contributed by atoms with van der Waals surface area (Å²) in [5, 5.41) is 9.11. The van der Waals surface area contributed by atoms with Gasteiger partial charge in [-0.05, 0) is 23.3 Å². The van der Waals surface area contributed by atoms with Crippen molar-refractivity contribution in [1.82, 2.24) is 15.3 Å². The number of urea groups is 1. The predicted octanol–water partition coefficient (Wildman–Crippen LogP) is 3.65. The number of aromatic nitrogens is 2. The molecule has 1 aromatic heterocycles. The van der Waals surface area contributed by atoms with Crippen LogP contribution in [0.2, 0.25) is 5.02 Å². The van der Waals surface area contributed by atoms with Gasteiger partial charge in [0.25, 0.3) is 0 Å². The van der Waals surface area contributed by atoms with E-state index in [2.05, 4.69) is 25.9 Å². The molecule has 0 aliphatic heterocycles. The summed E-state index contributed by atoms with van der Waals surface area (Å²) in [7, 11) is 1.53. The molecule has 29 heavy (non-hydrogen) atoms. The minimum atomic E-state index is -0.506. The van der Waals surface area contributed by atoms with Crippen molar-refractivity contribution in [2.45, 2.75) is 13.1 Å². The number of carbonyl (C=O) groups is 1. The quantitative estimate of drug-likeness (QED) is 0.471. The third kappa shape index (κ3) is 5.81. The van der Waals surface area contributed by atoms with E-state index in [0.29, 0.717) is 29.5 Å². The maximum absolute atomic E-state index is 12.2. The van der Waals surface area contributed by atoms with Crippen LogP contribution in [-0.4, -0.2) is 23.1 Å². The van der Waals surface area contributed by atoms with Crippen LogP contribution in [-0.2, 0) is 13.1 Å². The zero-order valence-corrected chi connectivity index (χ0v) is 16.5. The van der Waals surface area contributed by atoms with Gasteiger partial charge in [-0.1, -0.05) is 41.9 Å². The number of carbonyl (C=O) groups excluding carboxylic acids is 1. The molecule has 0 spiro atoms. The monoisotopic (exact) mass is 412 g/mol. The zero-order chi connectivity index (χ0) is 20.6. The number of halogens is 1. The predicted molar refractivity (Wildman–Crippen MR) is 114 cm³/mol. The fourth-order valence-corrected chi connectivity index (χ4v) is 2.84. The average Bonchev–Trinajstić information content (AvgIpc) is 2.72. The SMILES string of the molecule is COc1cc(CNCc2ccccc2)c(Cl)cc1NC(=O)Nc1cnc(N)cn1. The third-order valence-electron chi connectivity index (χ3n) is 4.02. The highest BCUT2D eigenvalue weighted by atomic mass is 35.5. The van der Waals surface area contributed by atoms with Crippen molar-refractivity contribution >= 4 is 35.0 Å². The Morgan fingerprint density at radius 1 is 1.10 bits per heavy atom. The first kappa shape index (κ1) is 20.4. The molecule has 5 N–H and O–H groups in total. The molecule has 150 valence electrons. The molecule has 0 saturated carbocycles. The van der Waals surface area contributed by atoms with Gasteiger partial charge in [0, 0.05) is 18.1 Å². The minimum absolute atomic E-state index is 0.265. The Balaban J connectivity index is 1.64. The van der Waals surface area contributed by atoms with Crippen molar-refractivity contribution in [3.8, 4) is 5.75 Å². The Morgan fingerprint density at radius 3 is 2.59 bits per heavy atom. The van der Waals surface area contributed by atoms with Gasteiger partial charge >= 0.3 is 6.03 Å². The van der Waals surface area contributed by atoms with Gasteiger partial charge in [0.1, 0.15) is 11.6 Å². The Bertz CT molecular complexity index is 967. The number of ether oxygens (including phenoxy) is 1. The Kier molecular flexibility index (Phi) is 6.83. The number of amides is 2. The molecule has 3 aromatic rings. The maximum Gasteiger partial charge on any atom is 0.325 e. The van der Waals surface area contributed by atoms with Gasteiger partial charge < -0.3 is 21.1 Å². The molecule has 0 unspecified atom stereocenters. The second-order valence-electron chi connectivity index (χ2n) is 6.14. The maximum atomic E-state index is 12.2. The van der Waals surface area contributed by atoms with E-state index in [-0.39, 0.29) is 11.6 Å². The second-order valence-corrected chi connectivity index (χ2v) is 6.55. The van der Waals surface area contributed by atoms with E-state index < -0.39 is 6.03 Å². The number of benzene rings is 2. The van der Waals surface area contributed by atoms with E-state index >= 15 is 0 Å². The number of methoxy groups -OCH3 is 1. The summed E-state index contributed by atoms with van der Waals surface area (Å²) in [6, 6.07) is 13.0. The summed E-state index contributed by atoms with van der Waals surface area (Å²) in [5.74, 6) is 1.02. The van der Waals surface area contributed by atoms with Crippen LogP contribution in [0.5, 0.6) is 5.75 Å². The van der Waals surface area contributed by atoms with Gasteiger partial charge in [-0.2, -0.15) is 0 Å². The van der Waals surface area contributed by atoms with E-state index in [1.807, 2.05) is 30.3 Å². The van der Waals surface area contributed by atoms with E-state index in [1.165, 1.54) is 25.1 Å². The highest BCUT2D eigenvalue weighted by molar-refractivity contribution is 6.31. The lowest BCUT2D eigenvalue weighted by Gasteiger charge is -2.14.